The Kier molecular flexibility index (Phi) is 4.65. The van der Waals surface area contributed by atoms with Gasteiger partial charge in [0.05, 0.1) is 11.4 Å². The normalized spacial score (nSPS) is 11.3. The van der Waals surface area contributed by atoms with Gasteiger partial charge in [0.25, 0.3) is 0 Å². The van der Waals surface area contributed by atoms with Crippen LogP contribution in [0.15, 0.2) is 54.7 Å². The van der Waals surface area contributed by atoms with Crippen LogP contribution in [0.4, 0.5) is 16.2 Å². The third-order valence-corrected chi connectivity index (χ3v) is 3.71. The first-order valence-electron chi connectivity index (χ1n) is 8.30. The number of aromatic nitrogens is 1. The van der Waals surface area contributed by atoms with Crippen LogP contribution in [-0.2, 0) is 11.3 Å². The zero-order chi connectivity index (χ0) is 17.9. The number of rotatable bonds is 4. The lowest BCUT2D eigenvalue weighted by Crippen LogP contribution is -2.27. The van der Waals surface area contributed by atoms with Crippen molar-refractivity contribution in [3.05, 3.63) is 60.3 Å². The van der Waals surface area contributed by atoms with Crippen LogP contribution in [-0.4, -0.2) is 16.7 Å². The Morgan fingerprint density at radius 2 is 1.72 bits per heavy atom. The molecule has 0 unspecified atom stereocenters. The molecule has 130 valence electrons. The minimum absolute atomic E-state index is 0.464. The number of ether oxygens (including phenoxy) is 1. The summed E-state index contributed by atoms with van der Waals surface area (Å²) in [4.78, 5) is 15.3. The molecule has 3 aromatic rings. The lowest BCUT2D eigenvalue weighted by atomic mass is 10.1. The zero-order valence-electron chi connectivity index (χ0n) is 14.7. The maximum absolute atomic E-state index is 12.0. The average molecular weight is 337 g/mol. The molecule has 1 heterocycles. The quantitative estimate of drug-likeness (QED) is 0.618. The number of carbonyl (C=O) groups excluding carboxylic acids is 1. The van der Waals surface area contributed by atoms with Gasteiger partial charge in [-0.1, -0.05) is 30.3 Å². The molecular formula is C20H23N3O2. The Labute approximate surface area is 147 Å². The Morgan fingerprint density at radius 1 is 1.04 bits per heavy atom. The van der Waals surface area contributed by atoms with E-state index in [1.807, 2.05) is 63.4 Å². The smallest absolute Gasteiger partial charge is 0.412 e. The number of carbonyl (C=O) groups is 1. The predicted molar refractivity (Wildman–Crippen MR) is 102 cm³/mol. The lowest BCUT2D eigenvalue weighted by Gasteiger charge is -2.20. The highest BCUT2D eigenvalue weighted by molar-refractivity contribution is 5.90. The molecule has 0 aliphatic carbocycles. The first-order chi connectivity index (χ1) is 11.9. The van der Waals surface area contributed by atoms with Crippen molar-refractivity contribution in [1.29, 1.82) is 0 Å². The fourth-order valence-corrected chi connectivity index (χ4v) is 2.63. The van der Waals surface area contributed by atoms with Gasteiger partial charge in [-0.15, -0.1) is 0 Å². The van der Waals surface area contributed by atoms with Crippen molar-refractivity contribution in [2.24, 2.45) is 0 Å². The highest BCUT2D eigenvalue weighted by atomic mass is 16.6. The summed E-state index contributed by atoms with van der Waals surface area (Å²) < 4.78 is 5.32. The molecule has 5 heteroatoms. The summed E-state index contributed by atoms with van der Waals surface area (Å²) in [6.07, 6.45) is 1.54. The highest BCUT2D eigenvalue weighted by Crippen LogP contribution is 2.24. The molecule has 2 aromatic carbocycles. The van der Waals surface area contributed by atoms with Gasteiger partial charge < -0.3 is 15.0 Å². The summed E-state index contributed by atoms with van der Waals surface area (Å²) in [7, 11) is 0. The molecule has 0 bridgehead atoms. The molecule has 1 amide bonds. The number of amides is 1. The molecule has 0 spiro atoms. The van der Waals surface area contributed by atoms with Crippen LogP contribution in [0.1, 0.15) is 26.3 Å². The minimum Gasteiger partial charge on any atom is -0.444 e. The van der Waals surface area contributed by atoms with Gasteiger partial charge >= 0.3 is 6.09 Å². The Morgan fingerprint density at radius 3 is 2.48 bits per heavy atom. The fraction of sp³-hybridized carbons (Fsp3) is 0.250. The van der Waals surface area contributed by atoms with Crippen molar-refractivity contribution in [3.63, 3.8) is 0 Å². The Balaban J connectivity index is 1.72. The monoisotopic (exact) mass is 337 g/mol. The third-order valence-electron chi connectivity index (χ3n) is 3.71. The van der Waals surface area contributed by atoms with Crippen molar-refractivity contribution in [1.82, 2.24) is 4.98 Å². The first kappa shape index (κ1) is 16.9. The third kappa shape index (κ3) is 4.32. The summed E-state index contributed by atoms with van der Waals surface area (Å²) >= 11 is 0. The van der Waals surface area contributed by atoms with E-state index >= 15 is 0 Å². The second kappa shape index (κ2) is 6.89. The number of fused-ring (bicyclic) bond motifs is 1. The summed E-state index contributed by atoms with van der Waals surface area (Å²) in [5, 5.41) is 7.38. The van der Waals surface area contributed by atoms with Gasteiger partial charge in [-0.2, -0.15) is 0 Å². The summed E-state index contributed by atoms with van der Waals surface area (Å²) in [5.41, 5.74) is 3.29. The Hall–Kier alpha value is -2.95. The molecular weight excluding hydrogens is 314 g/mol. The topological polar surface area (TPSA) is 66.2 Å². The van der Waals surface area contributed by atoms with Crippen LogP contribution >= 0.6 is 0 Å². The van der Waals surface area contributed by atoms with E-state index in [-0.39, 0.29) is 0 Å². The second-order valence-corrected chi connectivity index (χ2v) is 6.89. The molecule has 0 atom stereocenters. The van der Waals surface area contributed by atoms with E-state index in [1.165, 1.54) is 10.9 Å². The van der Waals surface area contributed by atoms with Crippen LogP contribution in [0.2, 0.25) is 0 Å². The average Bonchev–Trinajstić information content (AvgIpc) is 2.95. The van der Waals surface area contributed by atoms with Crippen molar-refractivity contribution in [3.8, 4) is 0 Å². The van der Waals surface area contributed by atoms with E-state index in [9.17, 15) is 4.79 Å². The molecule has 3 N–H and O–H groups in total. The molecule has 25 heavy (non-hydrogen) atoms. The van der Waals surface area contributed by atoms with E-state index < -0.39 is 11.7 Å². The summed E-state index contributed by atoms with van der Waals surface area (Å²) in [6, 6.07) is 15.8. The van der Waals surface area contributed by atoms with Gasteiger partial charge in [0.15, 0.2) is 0 Å². The second-order valence-electron chi connectivity index (χ2n) is 6.89. The maximum Gasteiger partial charge on any atom is 0.412 e. The number of benzene rings is 2. The number of hydrogen-bond acceptors (Lipinski definition) is 3. The standard InChI is InChI=1S/C20H23N3O2/c1-20(2,3)25-19(24)23-18-11-7-6-10-17(18)22-13-14-12-21-16-9-5-4-8-15(14)16/h4-12,21-22H,13H2,1-3H3,(H,23,24). The van der Waals surface area contributed by atoms with Gasteiger partial charge in [0, 0.05) is 23.6 Å². The molecule has 5 nitrogen and oxygen atoms in total. The fourth-order valence-electron chi connectivity index (χ4n) is 2.63. The zero-order valence-corrected chi connectivity index (χ0v) is 14.7. The largest absolute Gasteiger partial charge is 0.444 e. The lowest BCUT2D eigenvalue weighted by molar-refractivity contribution is 0.0636. The minimum atomic E-state index is -0.531. The highest BCUT2D eigenvalue weighted by Gasteiger charge is 2.17. The van der Waals surface area contributed by atoms with Crippen LogP contribution < -0.4 is 10.6 Å². The molecule has 0 saturated heterocycles. The van der Waals surface area contributed by atoms with Crippen LogP contribution in [0.3, 0.4) is 0 Å². The molecule has 0 aliphatic rings. The van der Waals surface area contributed by atoms with Gasteiger partial charge in [-0.25, -0.2) is 4.79 Å². The van der Waals surface area contributed by atoms with E-state index in [4.69, 9.17) is 4.74 Å². The first-order valence-corrected chi connectivity index (χ1v) is 8.30. The molecule has 0 fully saturated rings. The summed E-state index contributed by atoms with van der Waals surface area (Å²) in [5.74, 6) is 0. The van der Waals surface area contributed by atoms with Gasteiger partial charge in [-0.3, -0.25) is 5.32 Å². The van der Waals surface area contributed by atoms with Crippen molar-refractivity contribution in [2.75, 3.05) is 10.6 Å². The number of anilines is 2. The van der Waals surface area contributed by atoms with E-state index in [0.29, 0.717) is 12.2 Å². The Bertz CT molecular complexity index is 878. The molecule has 3 rings (SSSR count). The number of aromatic amines is 1. The number of hydrogen-bond donors (Lipinski definition) is 3. The molecule has 1 aromatic heterocycles. The maximum atomic E-state index is 12.0. The van der Waals surface area contributed by atoms with Gasteiger partial charge in [0.1, 0.15) is 5.60 Å². The van der Waals surface area contributed by atoms with E-state index in [2.05, 4.69) is 27.8 Å². The number of H-pyrrole nitrogens is 1. The van der Waals surface area contributed by atoms with Crippen molar-refractivity contribution >= 4 is 28.4 Å². The molecule has 0 saturated carbocycles. The van der Waals surface area contributed by atoms with Crippen LogP contribution in [0.5, 0.6) is 0 Å². The predicted octanol–water partition coefficient (Wildman–Crippen LogP) is 5.13. The van der Waals surface area contributed by atoms with Crippen molar-refractivity contribution < 1.29 is 9.53 Å². The van der Waals surface area contributed by atoms with Crippen LogP contribution in [0.25, 0.3) is 10.9 Å². The van der Waals surface area contributed by atoms with Gasteiger partial charge in [0.2, 0.25) is 0 Å². The van der Waals surface area contributed by atoms with Crippen molar-refractivity contribution in [2.45, 2.75) is 32.9 Å². The van der Waals surface area contributed by atoms with Gasteiger partial charge in [-0.05, 0) is 44.5 Å². The van der Waals surface area contributed by atoms with E-state index in [0.717, 1.165) is 11.2 Å². The molecule has 0 aliphatic heterocycles. The number of para-hydroxylation sites is 3. The van der Waals surface area contributed by atoms with Crippen LogP contribution in [0, 0.1) is 0 Å². The SMILES string of the molecule is CC(C)(C)OC(=O)Nc1ccccc1NCc1c[nH]c2ccccc12. The molecule has 0 radical (unpaired) electrons. The summed E-state index contributed by atoms with van der Waals surface area (Å²) in [6.45, 7) is 6.17. The number of nitrogens with one attached hydrogen (secondary N) is 3. The van der Waals surface area contributed by atoms with E-state index in [1.54, 1.807) is 0 Å².